The van der Waals surface area contributed by atoms with Gasteiger partial charge in [-0.25, -0.2) is 0 Å². The standard InChI is InChI=1S/C14H23NO/c1-13(2,3)10-8-11(15(7)9-10)12(16)14(4,5)6/h8-9H,1-7H3. The number of hydrogen-bond acceptors (Lipinski definition) is 1. The number of carbonyl (C=O) groups is 1. The van der Waals surface area contributed by atoms with E-state index in [0.29, 0.717) is 0 Å². The lowest BCUT2D eigenvalue weighted by Crippen LogP contribution is -2.22. The molecule has 90 valence electrons. The molecule has 0 fully saturated rings. The van der Waals surface area contributed by atoms with Gasteiger partial charge in [0.1, 0.15) is 0 Å². The van der Waals surface area contributed by atoms with E-state index in [0.717, 1.165) is 5.69 Å². The van der Waals surface area contributed by atoms with Gasteiger partial charge in [0, 0.05) is 18.7 Å². The summed E-state index contributed by atoms with van der Waals surface area (Å²) in [6.45, 7) is 12.4. The van der Waals surface area contributed by atoms with E-state index in [4.69, 9.17) is 0 Å². The molecule has 0 spiro atoms. The Morgan fingerprint density at radius 2 is 1.62 bits per heavy atom. The zero-order chi connectivity index (χ0) is 12.7. The molecule has 0 atom stereocenters. The summed E-state index contributed by atoms with van der Waals surface area (Å²) in [5, 5.41) is 0. The van der Waals surface area contributed by atoms with Crippen LogP contribution in [0.4, 0.5) is 0 Å². The number of nitrogens with zero attached hydrogens (tertiary/aromatic N) is 1. The maximum Gasteiger partial charge on any atom is 0.184 e. The second kappa shape index (κ2) is 3.76. The molecule has 0 saturated heterocycles. The summed E-state index contributed by atoms with van der Waals surface area (Å²) in [5.41, 5.74) is 1.79. The highest BCUT2D eigenvalue weighted by atomic mass is 16.1. The summed E-state index contributed by atoms with van der Waals surface area (Å²) in [7, 11) is 1.94. The summed E-state index contributed by atoms with van der Waals surface area (Å²) in [5.74, 6) is 0.200. The molecule has 1 heterocycles. The third-order valence-electron chi connectivity index (χ3n) is 2.78. The average molecular weight is 221 g/mol. The molecule has 16 heavy (non-hydrogen) atoms. The SMILES string of the molecule is Cn1cc(C(C)(C)C)cc1C(=O)C(C)(C)C. The predicted octanol–water partition coefficient (Wildman–Crippen LogP) is 3.55. The minimum atomic E-state index is -0.318. The Morgan fingerprint density at radius 3 is 1.94 bits per heavy atom. The fraction of sp³-hybridized carbons (Fsp3) is 0.643. The molecular formula is C14H23NO. The molecule has 2 heteroatoms. The molecule has 0 aliphatic rings. The Bertz CT molecular complexity index is 399. The van der Waals surface area contributed by atoms with Gasteiger partial charge in [0.2, 0.25) is 0 Å². The van der Waals surface area contributed by atoms with Crippen LogP contribution in [0.5, 0.6) is 0 Å². The van der Waals surface area contributed by atoms with Crippen molar-refractivity contribution < 1.29 is 4.79 Å². The van der Waals surface area contributed by atoms with Crippen molar-refractivity contribution >= 4 is 5.78 Å². The first-order valence-electron chi connectivity index (χ1n) is 5.75. The quantitative estimate of drug-likeness (QED) is 0.665. The van der Waals surface area contributed by atoms with Crippen LogP contribution in [0.3, 0.4) is 0 Å². The molecule has 0 radical (unpaired) electrons. The number of ketones is 1. The molecule has 2 nitrogen and oxygen atoms in total. The van der Waals surface area contributed by atoms with Crippen molar-refractivity contribution in [3.8, 4) is 0 Å². The van der Waals surface area contributed by atoms with Crippen LogP contribution in [0.25, 0.3) is 0 Å². The van der Waals surface area contributed by atoms with E-state index in [-0.39, 0.29) is 16.6 Å². The predicted molar refractivity (Wildman–Crippen MR) is 67.9 cm³/mol. The minimum absolute atomic E-state index is 0.0914. The largest absolute Gasteiger partial charge is 0.348 e. The van der Waals surface area contributed by atoms with Crippen molar-refractivity contribution in [3.63, 3.8) is 0 Å². The van der Waals surface area contributed by atoms with Crippen LogP contribution in [-0.2, 0) is 12.5 Å². The third-order valence-corrected chi connectivity index (χ3v) is 2.78. The molecule has 0 saturated carbocycles. The molecule has 0 aliphatic carbocycles. The van der Waals surface area contributed by atoms with Crippen LogP contribution in [0.2, 0.25) is 0 Å². The Balaban J connectivity index is 3.18. The molecule has 1 aromatic heterocycles. The molecule has 0 aromatic carbocycles. The maximum atomic E-state index is 12.2. The monoisotopic (exact) mass is 221 g/mol. The van der Waals surface area contributed by atoms with E-state index < -0.39 is 0 Å². The van der Waals surface area contributed by atoms with E-state index in [1.807, 2.05) is 38.5 Å². The second-order valence-corrected chi connectivity index (χ2v) is 6.55. The molecule has 0 unspecified atom stereocenters. The van der Waals surface area contributed by atoms with E-state index in [1.165, 1.54) is 5.56 Å². The first-order valence-corrected chi connectivity index (χ1v) is 5.75. The highest BCUT2D eigenvalue weighted by Gasteiger charge is 2.27. The normalized spacial score (nSPS) is 12.9. The van der Waals surface area contributed by atoms with Crippen LogP contribution in [0, 0.1) is 5.41 Å². The van der Waals surface area contributed by atoms with Gasteiger partial charge in [-0.05, 0) is 17.0 Å². The topological polar surface area (TPSA) is 22.0 Å². The minimum Gasteiger partial charge on any atom is -0.348 e. The van der Waals surface area contributed by atoms with Crippen LogP contribution >= 0.6 is 0 Å². The van der Waals surface area contributed by atoms with E-state index in [9.17, 15) is 4.79 Å². The van der Waals surface area contributed by atoms with Crippen LogP contribution in [0.15, 0.2) is 12.3 Å². The highest BCUT2D eigenvalue weighted by Crippen LogP contribution is 2.27. The fourth-order valence-electron chi connectivity index (χ4n) is 1.58. The lowest BCUT2D eigenvalue weighted by molar-refractivity contribution is 0.0849. The molecular weight excluding hydrogens is 198 g/mol. The van der Waals surface area contributed by atoms with Crippen molar-refractivity contribution in [1.82, 2.24) is 4.57 Å². The first-order chi connectivity index (χ1) is 7.03. The number of Topliss-reactive ketones (excluding diaryl/α,β-unsaturated/α-hetero) is 1. The first kappa shape index (κ1) is 13.0. The van der Waals surface area contributed by atoms with Gasteiger partial charge in [0.05, 0.1) is 5.69 Å². The Kier molecular flexibility index (Phi) is 3.06. The zero-order valence-electron chi connectivity index (χ0n) is 11.5. The molecule has 1 aromatic rings. The summed E-state index contributed by atoms with van der Waals surface area (Å²) in [4.78, 5) is 12.2. The average Bonchev–Trinajstić information content (AvgIpc) is 2.43. The smallest absolute Gasteiger partial charge is 0.184 e. The van der Waals surface area contributed by atoms with Crippen LogP contribution in [-0.4, -0.2) is 10.4 Å². The zero-order valence-corrected chi connectivity index (χ0v) is 11.5. The van der Waals surface area contributed by atoms with Crippen LogP contribution in [0.1, 0.15) is 57.6 Å². The summed E-state index contributed by atoms with van der Waals surface area (Å²) >= 11 is 0. The number of hydrogen-bond donors (Lipinski definition) is 0. The van der Waals surface area contributed by atoms with Gasteiger partial charge in [-0.3, -0.25) is 4.79 Å². The van der Waals surface area contributed by atoms with E-state index in [1.54, 1.807) is 0 Å². The third kappa shape index (κ3) is 2.55. The second-order valence-electron chi connectivity index (χ2n) is 6.55. The molecule has 0 amide bonds. The lowest BCUT2D eigenvalue weighted by atomic mass is 9.86. The number of aryl methyl sites for hydroxylation is 1. The van der Waals surface area contributed by atoms with Crippen molar-refractivity contribution in [2.45, 2.75) is 47.0 Å². The van der Waals surface area contributed by atoms with E-state index >= 15 is 0 Å². The summed E-state index contributed by atoms with van der Waals surface area (Å²) in [6, 6.07) is 2.02. The molecule has 1 rings (SSSR count). The Labute approximate surface area is 98.7 Å². The van der Waals surface area contributed by atoms with Crippen molar-refractivity contribution in [2.75, 3.05) is 0 Å². The van der Waals surface area contributed by atoms with Gasteiger partial charge in [0.15, 0.2) is 5.78 Å². The summed E-state index contributed by atoms with van der Waals surface area (Å²) < 4.78 is 1.94. The van der Waals surface area contributed by atoms with Gasteiger partial charge < -0.3 is 4.57 Å². The molecule has 0 aliphatic heterocycles. The fourth-order valence-corrected chi connectivity index (χ4v) is 1.58. The lowest BCUT2D eigenvalue weighted by Gasteiger charge is -2.17. The Morgan fingerprint density at radius 1 is 1.12 bits per heavy atom. The van der Waals surface area contributed by atoms with Crippen molar-refractivity contribution in [2.24, 2.45) is 12.5 Å². The number of aromatic nitrogens is 1. The highest BCUT2D eigenvalue weighted by molar-refractivity contribution is 5.98. The molecule has 0 bridgehead atoms. The van der Waals surface area contributed by atoms with Crippen LogP contribution < -0.4 is 0 Å². The Hall–Kier alpha value is -1.05. The summed E-state index contributed by atoms with van der Waals surface area (Å²) in [6.07, 6.45) is 2.05. The van der Waals surface area contributed by atoms with Gasteiger partial charge in [-0.2, -0.15) is 0 Å². The van der Waals surface area contributed by atoms with Gasteiger partial charge >= 0.3 is 0 Å². The number of rotatable bonds is 1. The van der Waals surface area contributed by atoms with E-state index in [2.05, 4.69) is 27.0 Å². The van der Waals surface area contributed by atoms with Crippen molar-refractivity contribution in [1.29, 1.82) is 0 Å². The maximum absolute atomic E-state index is 12.2. The van der Waals surface area contributed by atoms with Gasteiger partial charge in [-0.1, -0.05) is 41.5 Å². The number of carbonyl (C=O) groups excluding carboxylic acids is 1. The van der Waals surface area contributed by atoms with Gasteiger partial charge in [-0.15, -0.1) is 0 Å². The molecule has 0 N–H and O–H groups in total. The van der Waals surface area contributed by atoms with Crippen molar-refractivity contribution in [3.05, 3.63) is 23.5 Å². The van der Waals surface area contributed by atoms with Gasteiger partial charge in [0.25, 0.3) is 0 Å².